The maximum atomic E-state index is 12.1. The predicted molar refractivity (Wildman–Crippen MR) is 78.5 cm³/mol. The van der Waals surface area contributed by atoms with Crippen molar-refractivity contribution in [1.82, 2.24) is 4.90 Å². The Morgan fingerprint density at radius 3 is 2.50 bits per heavy atom. The Hall–Kier alpha value is -0.400. The number of hydrogen-bond donors (Lipinski definition) is 0. The third-order valence-corrected chi connectivity index (χ3v) is 4.41. The molecule has 0 atom stereocenters. The molecule has 0 radical (unpaired) electrons. The number of hydrogen-bond acceptors (Lipinski definition) is 3. The third-order valence-electron chi connectivity index (χ3n) is 2.30. The van der Waals surface area contributed by atoms with Gasteiger partial charge in [0.05, 0.1) is 11.3 Å². The molecule has 0 bridgehead atoms. The van der Waals surface area contributed by atoms with Crippen molar-refractivity contribution in [3.05, 3.63) is 32.7 Å². The molecular weight excluding hydrogens is 386 g/mol. The summed E-state index contributed by atoms with van der Waals surface area (Å²) in [5.74, 6) is -0.257. The summed E-state index contributed by atoms with van der Waals surface area (Å²) in [5, 5.41) is 0. The molecule has 0 aromatic heterocycles. The quantitative estimate of drug-likeness (QED) is 0.781. The van der Waals surface area contributed by atoms with Crippen LogP contribution >= 0.6 is 31.9 Å². The van der Waals surface area contributed by atoms with Crippen LogP contribution in [0.5, 0.6) is 0 Å². The highest BCUT2D eigenvalue weighted by atomic mass is 79.9. The molecule has 7 heteroatoms. The second-order valence-electron chi connectivity index (χ2n) is 3.98. The molecule has 0 fully saturated rings. The maximum absolute atomic E-state index is 12.1. The van der Waals surface area contributed by atoms with Crippen molar-refractivity contribution >= 4 is 47.6 Å². The van der Waals surface area contributed by atoms with Crippen LogP contribution < -0.4 is 0 Å². The summed E-state index contributed by atoms with van der Waals surface area (Å²) in [6.07, 6.45) is 1.15. The van der Waals surface area contributed by atoms with Crippen molar-refractivity contribution in [2.45, 2.75) is 0 Å². The van der Waals surface area contributed by atoms with E-state index in [1.807, 2.05) is 6.07 Å². The summed E-state index contributed by atoms with van der Waals surface area (Å²) in [4.78, 5) is 13.5. The van der Waals surface area contributed by atoms with Crippen molar-refractivity contribution in [3.63, 3.8) is 0 Å². The highest BCUT2D eigenvalue weighted by Gasteiger charge is 2.16. The number of sulfone groups is 1. The first-order chi connectivity index (χ1) is 8.20. The fourth-order valence-corrected chi connectivity index (χ4v) is 2.65. The number of amides is 1. The summed E-state index contributed by atoms with van der Waals surface area (Å²) in [6, 6.07) is 5.28. The molecule has 0 N–H and O–H groups in total. The standard InChI is InChI=1S/C11H13Br2NO3S/c1-14(5-6-18(2,16)17)11(15)9-7-8(12)3-4-10(9)13/h3-4,7H,5-6H2,1-2H3. The van der Waals surface area contributed by atoms with Crippen molar-refractivity contribution in [2.24, 2.45) is 0 Å². The van der Waals surface area contributed by atoms with E-state index in [-0.39, 0.29) is 18.2 Å². The highest BCUT2D eigenvalue weighted by molar-refractivity contribution is 9.11. The minimum absolute atomic E-state index is 0.0408. The monoisotopic (exact) mass is 397 g/mol. The Bertz CT molecular complexity index is 557. The minimum atomic E-state index is -3.07. The summed E-state index contributed by atoms with van der Waals surface area (Å²) >= 11 is 6.60. The van der Waals surface area contributed by atoms with Gasteiger partial charge in [0.2, 0.25) is 0 Å². The number of rotatable bonds is 4. The molecule has 0 unspecified atom stereocenters. The molecule has 18 heavy (non-hydrogen) atoms. The molecule has 0 spiro atoms. The molecule has 1 aromatic rings. The second-order valence-corrected chi connectivity index (χ2v) is 8.01. The zero-order valence-electron chi connectivity index (χ0n) is 9.98. The predicted octanol–water partition coefficient (Wildman–Crippen LogP) is 2.33. The molecule has 0 saturated carbocycles. The Kier molecular flexibility index (Phi) is 5.36. The van der Waals surface area contributed by atoms with Crippen molar-refractivity contribution in [1.29, 1.82) is 0 Å². The molecule has 0 aliphatic rings. The number of carbonyl (C=O) groups excluding carboxylic acids is 1. The lowest BCUT2D eigenvalue weighted by Gasteiger charge is -2.17. The van der Waals surface area contributed by atoms with Gasteiger partial charge in [-0.1, -0.05) is 15.9 Å². The van der Waals surface area contributed by atoms with Crippen molar-refractivity contribution < 1.29 is 13.2 Å². The summed E-state index contributed by atoms with van der Waals surface area (Å²) in [7, 11) is -1.48. The first-order valence-electron chi connectivity index (χ1n) is 5.09. The van der Waals surface area contributed by atoms with E-state index in [0.717, 1.165) is 10.7 Å². The molecule has 0 aliphatic carbocycles. The van der Waals surface area contributed by atoms with E-state index in [9.17, 15) is 13.2 Å². The summed E-state index contributed by atoms with van der Waals surface area (Å²) in [5.41, 5.74) is 0.500. The van der Waals surface area contributed by atoms with Crippen LogP contribution in [0.1, 0.15) is 10.4 Å². The zero-order valence-corrected chi connectivity index (χ0v) is 14.0. The maximum Gasteiger partial charge on any atom is 0.254 e. The molecule has 4 nitrogen and oxygen atoms in total. The first-order valence-corrected chi connectivity index (χ1v) is 8.73. The van der Waals surface area contributed by atoms with Gasteiger partial charge in [-0.15, -0.1) is 0 Å². The van der Waals surface area contributed by atoms with Gasteiger partial charge in [-0.25, -0.2) is 8.42 Å². The zero-order chi connectivity index (χ0) is 13.9. The number of halogens is 2. The van der Waals surface area contributed by atoms with Crippen LogP contribution in [0.4, 0.5) is 0 Å². The number of nitrogens with zero attached hydrogens (tertiary/aromatic N) is 1. The highest BCUT2D eigenvalue weighted by Crippen LogP contribution is 2.22. The van der Waals surface area contributed by atoms with Crippen LogP contribution in [-0.4, -0.2) is 44.8 Å². The molecule has 0 aliphatic heterocycles. The van der Waals surface area contributed by atoms with Gasteiger partial charge in [-0.3, -0.25) is 4.79 Å². The minimum Gasteiger partial charge on any atom is -0.341 e. The fraction of sp³-hybridized carbons (Fsp3) is 0.364. The van der Waals surface area contributed by atoms with Crippen LogP contribution in [0.3, 0.4) is 0 Å². The lowest BCUT2D eigenvalue weighted by Crippen LogP contribution is -2.31. The second kappa shape index (κ2) is 6.16. The summed E-state index contributed by atoms with van der Waals surface area (Å²) < 4.78 is 23.6. The average Bonchev–Trinajstić information content (AvgIpc) is 2.27. The van der Waals surface area contributed by atoms with Crippen LogP contribution in [0.2, 0.25) is 0 Å². The van der Waals surface area contributed by atoms with Gasteiger partial charge in [0.15, 0.2) is 0 Å². The van der Waals surface area contributed by atoms with Crippen molar-refractivity contribution in [3.8, 4) is 0 Å². The largest absolute Gasteiger partial charge is 0.341 e. The number of benzene rings is 1. The fourth-order valence-electron chi connectivity index (χ4n) is 1.27. The summed E-state index contributed by atoms with van der Waals surface area (Å²) in [6.45, 7) is 0.177. The first kappa shape index (κ1) is 15.7. The van der Waals surface area contributed by atoms with Gasteiger partial charge >= 0.3 is 0 Å². The van der Waals surface area contributed by atoms with Gasteiger partial charge in [0.1, 0.15) is 9.84 Å². The normalized spacial score (nSPS) is 11.3. The average molecular weight is 399 g/mol. The van der Waals surface area contributed by atoms with E-state index in [0.29, 0.717) is 10.0 Å². The SMILES string of the molecule is CN(CCS(C)(=O)=O)C(=O)c1cc(Br)ccc1Br. The van der Waals surface area contributed by atoms with Crippen LogP contribution in [0, 0.1) is 0 Å². The molecule has 0 heterocycles. The van der Waals surface area contributed by atoms with Crippen LogP contribution in [-0.2, 0) is 9.84 Å². The van der Waals surface area contributed by atoms with E-state index < -0.39 is 9.84 Å². The molecule has 0 saturated heterocycles. The van der Waals surface area contributed by atoms with Crippen molar-refractivity contribution in [2.75, 3.05) is 25.6 Å². The van der Waals surface area contributed by atoms with Gasteiger partial charge in [-0.2, -0.15) is 0 Å². The lowest BCUT2D eigenvalue weighted by molar-refractivity contribution is 0.0802. The van der Waals surface area contributed by atoms with Crippen LogP contribution in [0.15, 0.2) is 27.1 Å². The Morgan fingerprint density at radius 1 is 1.33 bits per heavy atom. The van der Waals surface area contributed by atoms with Gasteiger partial charge < -0.3 is 4.90 Å². The molecule has 100 valence electrons. The van der Waals surface area contributed by atoms with Gasteiger partial charge in [0, 0.05) is 28.8 Å². The Morgan fingerprint density at radius 2 is 1.94 bits per heavy atom. The van der Waals surface area contributed by atoms with Gasteiger partial charge in [0.25, 0.3) is 5.91 Å². The van der Waals surface area contributed by atoms with Gasteiger partial charge in [-0.05, 0) is 34.1 Å². The molecule has 1 amide bonds. The Balaban J connectivity index is 2.83. The lowest BCUT2D eigenvalue weighted by atomic mass is 10.2. The van der Waals surface area contributed by atoms with E-state index in [1.54, 1.807) is 19.2 Å². The number of carbonyl (C=O) groups is 1. The van der Waals surface area contributed by atoms with E-state index >= 15 is 0 Å². The topological polar surface area (TPSA) is 54.5 Å². The molecule has 1 aromatic carbocycles. The molecule has 1 rings (SSSR count). The van der Waals surface area contributed by atoms with E-state index in [4.69, 9.17) is 0 Å². The third kappa shape index (κ3) is 4.70. The van der Waals surface area contributed by atoms with E-state index in [1.165, 1.54) is 4.90 Å². The van der Waals surface area contributed by atoms with E-state index in [2.05, 4.69) is 31.9 Å². The smallest absolute Gasteiger partial charge is 0.254 e. The Labute approximate surface area is 124 Å². The van der Waals surface area contributed by atoms with Crippen LogP contribution in [0.25, 0.3) is 0 Å². The molecular formula is C11H13Br2NO3S.